The van der Waals surface area contributed by atoms with Crippen molar-refractivity contribution in [2.75, 3.05) is 14.2 Å². The van der Waals surface area contributed by atoms with Gasteiger partial charge in [0, 0.05) is 7.05 Å². The van der Waals surface area contributed by atoms with Gasteiger partial charge in [0.1, 0.15) is 5.76 Å². The Balaban J connectivity index is 4.10. The quantitative estimate of drug-likeness (QED) is 0.339. The molecule has 0 rings (SSSR count). The molecule has 54 valence electrons. The second-order valence-electron chi connectivity index (χ2n) is 1.96. The molecule has 0 aliphatic heterocycles. The fourth-order valence-corrected chi connectivity index (χ4v) is 0.396. The average molecular weight is 130 g/mol. The molecule has 3 nitrogen and oxygen atoms in total. The minimum absolute atomic E-state index is 0.847. The molecule has 0 amide bonds. The molecule has 0 fully saturated rings. The topological polar surface area (TPSA) is 38.5 Å². The zero-order chi connectivity index (χ0) is 7.44. The molecular formula is C6H14N2O. The highest BCUT2D eigenvalue weighted by Gasteiger charge is 1.96. The van der Waals surface area contributed by atoms with Crippen LogP contribution < -0.4 is 5.84 Å². The van der Waals surface area contributed by atoms with Gasteiger partial charge >= 0.3 is 0 Å². The van der Waals surface area contributed by atoms with E-state index in [-0.39, 0.29) is 0 Å². The van der Waals surface area contributed by atoms with Gasteiger partial charge in [-0.3, -0.25) is 0 Å². The van der Waals surface area contributed by atoms with Crippen LogP contribution in [0.1, 0.15) is 13.8 Å². The predicted molar refractivity (Wildman–Crippen MR) is 37.3 cm³/mol. The number of allylic oxidation sites excluding steroid dienone is 2. The van der Waals surface area contributed by atoms with Gasteiger partial charge in [-0.2, -0.15) is 0 Å². The fourth-order valence-electron chi connectivity index (χ4n) is 0.396. The summed E-state index contributed by atoms with van der Waals surface area (Å²) < 4.78 is 4.93. The van der Waals surface area contributed by atoms with Gasteiger partial charge in [0.25, 0.3) is 0 Å². The van der Waals surface area contributed by atoms with E-state index in [1.54, 1.807) is 14.2 Å². The van der Waals surface area contributed by atoms with Gasteiger partial charge in [0.2, 0.25) is 0 Å². The van der Waals surface area contributed by atoms with E-state index in [9.17, 15) is 0 Å². The standard InChI is InChI=1S/C6H14N2O/c1-5(8(3)7)6(2)9-4/h7H2,1-4H3/b6-5-. The number of ether oxygens (including phenoxy) is 1. The highest BCUT2D eigenvalue weighted by atomic mass is 16.5. The molecule has 0 radical (unpaired) electrons. The van der Waals surface area contributed by atoms with Crippen molar-refractivity contribution in [1.29, 1.82) is 0 Å². The summed E-state index contributed by atoms with van der Waals surface area (Å²) in [6.45, 7) is 3.78. The molecule has 0 aliphatic rings. The number of nitrogens with two attached hydrogens (primary N) is 1. The smallest absolute Gasteiger partial charge is 0.113 e. The van der Waals surface area contributed by atoms with Gasteiger partial charge in [0.05, 0.1) is 12.8 Å². The lowest BCUT2D eigenvalue weighted by Crippen LogP contribution is -2.24. The Morgan fingerprint density at radius 3 is 2.00 bits per heavy atom. The lowest BCUT2D eigenvalue weighted by molar-refractivity contribution is 0.269. The molecule has 2 N–H and O–H groups in total. The lowest BCUT2D eigenvalue weighted by atomic mass is 10.4. The summed E-state index contributed by atoms with van der Waals surface area (Å²) in [5.41, 5.74) is 0.942. The van der Waals surface area contributed by atoms with Gasteiger partial charge in [-0.1, -0.05) is 0 Å². The Bertz CT molecular complexity index is 118. The van der Waals surface area contributed by atoms with E-state index in [4.69, 9.17) is 10.6 Å². The molecule has 0 aromatic carbocycles. The second-order valence-corrected chi connectivity index (χ2v) is 1.96. The first-order valence-electron chi connectivity index (χ1n) is 2.79. The minimum Gasteiger partial charge on any atom is -0.500 e. The van der Waals surface area contributed by atoms with Crippen molar-refractivity contribution in [1.82, 2.24) is 5.01 Å². The van der Waals surface area contributed by atoms with E-state index in [2.05, 4.69) is 0 Å². The van der Waals surface area contributed by atoms with E-state index >= 15 is 0 Å². The number of methoxy groups -OCH3 is 1. The van der Waals surface area contributed by atoms with Gasteiger partial charge in [-0.25, -0.2) is 5.84 Å². The monoisotopic (exact) mass is 130 g/mol. The summed E-state index contributed by atoms with van der Waals surface area (Å²) in [5.74, 6) is 6.26. The van der Waals surface area contributed by atoms with Crippen LogP contribution in [-0.4, -0.2) is 19.2 Å². The third-order valence-corrected chi connectivity index (χ3v) is 1.34. The van der Waals surface area contributed by atoms with Crippen molar-refractivity contribution in [2.24, 2.45) is 5.84 Å². The molecule has 0 aliphatic carbocycles. The number of hydrazine groups is 1. The minimum atomic E-state index is 0.847. The third-order valence-electron chi connectivity index (χ3n) is 1.34. The molecule has 0 unspecified atom stereocenters. The molecule has 0 aromatic heterocycles. The van der Waals surface area contributed by atoms with Gasteiger partial charge in [0.15, 0.2) is 0 Å². The van der Waals surface area contributed by atoms with Crippen LogP contribution in [-0.2, 0) is 4.74 Å². The maximum absolute atomic E-state index is 5.41. The van der Waals surface area contributed by atoms with E-state index in [0.29, 0.717) is 0 Å². The zero-order valence-corrected chi connectivity index (χ0v) is 6.43. The molecule has 0 spiro atoms. The SMILES string of the molecule is CO/C(C)=C(/C)N(C)N. The molecule has 3 heteroatoms. The molecule has 9 heavy (non-hydrogen) atoms. The Hall–Kier alpha value is -0.700. The van der Waals surface area contributed by atoms with E-state index in [1.807, 2.05) is 13.8 Å². The average Bonchev–Trinajstić information content (AvgIpc) is 1.84. The summed E-state index contributed by atoms with van der Waals surface area (Å²) >= 11 is 0. The summed E-state index contributed by atoms with van der Waals surface area (Å²) in [7, 11) is 3.40. The van der Waals surface area contributed by atoms with Crippen LogP contribution in [0.15, 0.2) is 11.5 Å². The van der Waals surface area contributed by atoms with Crippen molar-refractivity contribution in [3.05, 3.63) is 11.5 Å². The van der Waals surface area contributed by atoms with Crippen molar-refractivity contribution in [3.8, 4) is 0 Å². The Morgan fingerprint density at radius 1 is 1.44 bits per heavy atom. The van der Waals surface area contributed by atoms with E-state index in [0.717, 1.165) is 11.5 Å². The van der Waals surface area contributed by atoms with Crippen molar-refractivity contribution in [3.63, 3.8) is 0 Å². The summed E-state index contributed by atoms with van der Waals surface area (Å²) in [6, 6.07) is 0. The third kappa shape index (κ3) is 2.37. The molecule has 0 saturated heterocycles. The van der Waals surface area contributed by atoms with Crippen molar-refractivity contribution < 1.29 is 4.74 Å². The van der Waals surface area contributed by atoms with Crippen LogP contribution in [0, 0.1) is 0 Å². The van der Waals surface area contributed by atoms with Crippen LogP contribution in [0.25, 0.3) is 0 Å². The maximum Gasteiger partial charge on any atom is 0.113 e. The van der Waals surface area contributed by atoms with Crippen LogP contribution >= 0.6 is 0 Å². The van der Waals surface area contributed by atoms with E-state index in [1.165, 1.54) is 5.01 Å². The first-order chi connectivity index (χ1) is 4.09. The summed E-state index contributed by atoms with van der Waals surface area (Å²) in [6.07, 6.45) is 0. The molecule has 0 atom stereocenters. The normalized spacial score (nSPS) is 12.6. The highest BCUT2D eigenvalue weighted by Crippen LogP contribution is 2.02. The molecule has 0 heterocycles. The number of hydrogen-bond donors (Lipinski definition) is 1. The van der Waals surface area contributed by atoms with Gasteiger partial charge in [-0.15, -0.1) is 0 Å². The first-order valence-corrected chi connectivity index (χ1v) is 2.79. The summed E-state index contributed by atoms with van der Waals surface area (Å²) in [5, 5.41) is 1.53. The van der Waals surface area contributed by atoms with Crippen LogP contribution in [0.2, 0.25) is 0 Å². The molecule has 0 bridgehead atoms. The predicted octanol–water partition coefficient (Wildman–Crippen LogP) is 0.690. The van der Waals surface area contributed by atoms with Crippen molar-refractivity contribution in [2.45, 2.75) is 13.8 Å². The highest BCUT2D eigenvalue weighted by molar-refractivity contribution is 4.99. The number of hydrogen-bond acceptors (Lipinski definition) is 3. The zero-order valence-electron chi connectivity index (χ0n) is 6.43. The first kappa shape index (κ1) is 8.30. The van der Waals surface area contributed by atoms with Gasteiger partial charge < -0.3 is 9.75 Å². The van der Waals surface area contributed by atoms with E-state index < -0.39 is 0 Å². The fraction of sp³-hybridized carbons (Fsp3) is 0.667. The Labute approximate surface area is 56.1 Å². The molecule has 0 aromatic rings. The Kier molecular flexibility index (Phi) is 3.09. The Morgan fingerprint density at radius 2 is 1.89 bits per heavy atom. The van der Waals surface area contributed by atoms with Gasteiger partial charge in [-0.05, 0) is 13.8 Å². The number of nitrogens with zero attached hydrogens (tertiary/aromatic N) is 1. The largest absolute Gasteiger partial charge is 0.500 e. The molecule has 0 saturated carbocycles. The van der Waals surface area contributed by atoms with Crippen LogP contribution in [0.3, 0.4) is 0 Å². The lowest BCUT2D eigenvalue weighted by Gasteiger charge is -2.14. The molecular weight excluding hydrogens is 116 g/mol. The summed E-state index contributed by atoms with van der Waals surface area (Å²) in [4.78, 5) is 0. The van der Waals surface area contributed by atoms with Crippen molar-refractivity contribution >= 4 is 0 Å². The second kappa shape index (κ2) is 3.35. The number of rotatable bonds is 2. The van der Waals surface area contributed by atoms with Crippen LogP contribution in [0.4, 0.5) is 0 Å². The van der Waals surface area contributed by atoms with Crippen LogP contribution in [0.5, 0.6) is 0 Å². The maximum atomic E-state index is 5.41.